The second-order valence-electron chi connectivity index (χ2n) is 4.05. The molecule has 2 rings (SSSR count). The highest BCUT2D eigenvalue weighted by molar-refractivity contribution is 7.96. The second kappa shape index (κ2) is 6.23. The first kappa shape index (κ1) is 14.8. The van der Waals surface area contributed by atoms with Gasteiger partial charge in [0.15, 0.2) is 5.76 Å². The van der Waals surface area contributed by atoms with E-state index in [2.05, 4.69) is 23.0 Å². The third-order valence-corrected chi connectivity index (χ3v) is 4.06. The molecule has 0 unspecified atom stereocenters. The third-order valence-electron chi connectivity index (χ3n) is 2.64. The van der Waals surface area contributed by atoms with Crippen LogP contribution in [-0.4, -0.2) is 13.6 Å². The lowest BCUT2D eigenvalue weighted by atomic mass is 10.1. The molecule has 0 fully saturated rings. The van der Waals surface area contributed by atoms with Crippen LogP contribution in [0.2, 0.25) is 0 Å². The maximum absolute atomic E-state index is 12.2. The fraction of sp³-hybridized carbons (Fsp3) is 0. The molecule has 1 heterocycles. The van der Waals surface area contributed by atoms with Gasteiger partial charge in [0.2, 0.25) is 0 Å². The Morgan fingerprint density at radius 1 is 1.24 bits per heavy atom. The van der Waals surface area contributed by atoms with Gasteiger partial charge >= 0.3 is 0 Å². The zero-order chi connectivity index (χ0) is 15.3. The van der Waals surface area contributed by atoms with Crippen molar-refractivity contribution in [2.75, 3.05) is 4.72 Å². The van der Waals surface area contributed by atoms with E-state index in [4.69, 9.17) is 4.52 Å². The summed E-state index contributed by atoms with van der Waals surface area (Å²) < 4.78 is 32.0. The molecule has 108 valence electrons. The molecule has 6 heteroatoms. The molecule has 2 aromatic rings. The molecule has 0 atom stereocenters. The molecule has 0 spiro atoms. The standard InChI is InChI=1S/C15H14N2O3S/c1-3-8-13(4-2)21(18,19)17-14-11-16-20-15(14)12-9-6-5-7-10-12/h3-11,17H,1-2H2/b13-8+. The van der Waals surface area contributed by atoms with Gasteiger partial charge in [0.1, 0.15) is 5.69 Å². The lowest BCUT2D eigenvalue weighted by Gasteiger charge is -2.07. The first-order chi connectivity index (χ1) is 10.1. The number of anilines is 1. The van der Waals surface area contributed by atoms with Crippen molar-refractivity contribution in [3.8, 4) is 11.3 Å². The maximum Gasteiger partial charge on any atom is 0.262 e. The minimum Gasteiger partial charge on any atom is -0.354 e. The van der Waals surface area contributed by atoms with Crippen LogP contribution in [0.1, 0.15) is 0 Å². The van der Waals surface area contributed by atoms with Crippen LogP contribution in [0.3, 0.4) is 0 Å². The molecule has 1 aromatic heterocycles. The Bertz CT molecular complexity index is 774. The number of sulfonamides is 1. The molecular weight excluding hydrogens is 288 g/mol. The van der Waals surface area contributed by atoms with Crippen LogP contribution in [0.5, 0.6) is 0 Å². The van der Waals surface area contributed by atoms with Crippen LogP contribution in [-0.2, 0) is 10.0 Å². The number of nitrogens with one attached hydrogen (secondary N) is 1. The van der Waals surface area contributed by atoms with Gasteiger partial charge in [-0.15, -0.1) is 0 Å². The summed E-state index contributed by atoms with van der Waals surface area (Å²) in [4.78, 5) is 0.0118. The SMILES string of the molecule is C=C/C=C(\C=C)S(=O)(=O)Nc1cnoc1-c1ccccc1. The number of hydrogen-bond donors (Lipinski definition) is 1. The molecule has 0 aliphatic heterocycles. The number of allylic oxidation sites excluding steroid dienone is 3. The van der Waals surface area contributed by atoms with Crippen LogP contribution in [0.4, 0.5) is 5.69 Å². The van der Waals surface area contributed by atoms with E-state index in [9.17, 15) is 8.42 Å². The van der Waals surface area contributed by atoms with Gasteiger partial charge in [0.25, 0.3) is 10.0 Å². The van der Waals surface area contributed by atoms with Gasteiger partial charge in [0.05, 0.1) is 11.1 Å². The largest absolute Gasteiger partial charge is 0.354 e. The summed E-state index contributed by atoms with van der Waals surface area (Å²) in [6, 6.07) is 9.09. The highest BCUT2D eigenvalue weighted by Gasteiger charge is 2.19. The zero-order valence-electron chi connectivity index (χ0n) is 11.2. The van der Waals surface area contributed by atoms with E-state index < -0.39 is 10.0 Å². The van der Waals surface area contributed by atoms with E-state index in [0.29, 0.717) is 5.76 Å². The van der Waals surface area contributed by atoms with Crippen LogP contribution in [0, 0.1) is 0 Å². The van der Waals surface area contributed by atoms with Crippen molar-refractivity contribution in [1.29, 1.82) is 0 Å². The predicted octanol–water partition coefficient (Wildman–Crippen LogP) is 3.34. The van der Waals surface area contributed by atoms with E-state index in [1.165, 1.54) is 24.4 Å². The quantitative estimate of drug-likeness (QED) is 0.831. The highest BCUT2D eigenvalue weighted by Crippen LogP contribution is 2.29. The Morgan fingerprint density at radius 2 is 1.95 bits per heavy atom. The van der Waals surface area contributed by atoms with Gasteiger partial charge < -0.3 is 4.52 Å². The van der Waals surface area contributed by atoms with Gasteiger partial charge in [0, 0.05) is 5.56 Å². The first-order valence-electron chi connectivity index (χ1n) is 6.06. The van der Waals surface area contributed by atoms with E-state index in [1.807, 2.05) is 18.2 Å². The van der Waals surface area contributed by atoms with E-state index >= 15 is 0 Å². The summed E-state index contributed by atoms with van der Waals surface area (Å²) in [5, 5.41) is 3.65. The molecule has 0 bridgehead atoms. The fourth-order valence-electron chi connectivity index (χ4n) is 1.70. The van der Waals surface area contributed by atoms with E-state index in [1.54, 1.807) is 12.1 Å². The van der Waals surface area contributed by atoms with Crippen molar-refractivity contribution < 1.29 is 12.9 Å². The summed E-state index contributed by atoms with van der Waals surface area (Å²) in [6.45, 7) is 6.96. The zero-order valence-corrected chi connectivity index (χ0v) is 12.0. The molecule has 0 aliphatic carbocycles. The molecule has 1 aromatic carbocycles. The van der Waals surface area contributed by atoms with Crippen LogP contribution >= 0.6 is 0 Å². The lowest BCUT2D eigenvalue weighted by molar-refractivity contribution is 0.432. The van der Waals surface area contributed by atoms with Crippen LogP contribution in [0.15, 0.2) is 77.3 Å². The average molecular weight is 302 g/mol. The van der Waals surface area contributed by atoms with Crippen LogP contribution < -0.4 is 4.72 Å². The number of rotatable bonds is 6. The normalized spacial score (nSPS) is 11.9. The monoisotopic (exact) mass is 302 g/mol. The van der Waals surface area contributed by atoms with Gasteiger partial charge in [-0.25, -0.2) is 8.42 Å². The van der Waals surface area contributed by atoms with Gasteiger partial charge in [-0.1, -0.05) is 54.7 Å². The average Bonchev–Trinajstić information content (AvgIpc) is 2.92. The topological polar surface area (TPSA) is 72.2 Å². The van der Waals surface area contributed by atoms with Gasteiger partial charge in [-0.05, 0) is 12.2 Å². The minimum atomic E-state index is -3.77. The Kier molecular flexibility index (Phi) is 4.39. The summed E-state index contributed by atoms with van der Waals surface area (Å²) in [6.07, 6.45) is 5.28. The smallest absolute Gasteiger partial charge is 0.262 e. The first-order valence-corrected chi connectivity index (χ1v) is 7.55. The Labute approximate surface area is 123 Å². The van der Waals surface area contributed by atoms with Crippen LogP contribution in [0.25, 0.3) is 11.3 Å². The Hall–Kier alpha value is -2.60. The lowest BCUT2D eigenvalue weighted by Crippen LogP contribution is -2.13. The predicted molar refractivity (Wildman–Crippen MR) is 83.0 cm³/mol. The number of aromatic nitrogens is 1. The van der Waals surface area contributed by atoms with Crippen molar-refractivity contribution in [2.24, 2.45) is 0 Å². The Balaban J connectivity index is 2.38. The molecule has 0 aliphatic rings. The summed E-state index contributed by atoms with van der Waals surface area (Å²) >= 11 is 0. The molecular formula is C15H14N2O3S. The van der Waals surface area contributed by atoms with Crippen molar-refractivity contribution in [2.45, 2.75) is 0 Å². The summed E-state index contributed by atoms with van der Waals surface area (Å²) in [7, 11) is -3.77. The van der Waals surface area contributed by atoms with Crippen molar-refractivity contribution in [3.63, 3.8) is 0 Å². The van der Waals surface area contributed by atoms with Crippen molar-refractivity contribution in [1.82, 2.24) is 5.16 Å². The number of hydrogen-bond acceptors (Lipinski definition) is 4. The molecule has 21 heavy (non-hydrogen) atoms. The maximum atomic E-state index is 12.2. The Morgan fingerprint density at radius 3 is 2.57 bits per heavy atom. The fourth-order valence-corrected chi connectivity index (χ4v) is 2.74. The van der Waals surface area contributed by atoms with E-state index in [-0.39, 0.29) is 10.6 Å². The molecule has 1 N–H and O–H groups in total. The molecule has 0 amide bonds. The van der Waals surface area contributed by atoms with Crippen molar-refractivity contribution >= 4 is 15.7 Å². The summed E-state index contributed by atoms with van der Waals surface area (Å²) in [5.74, 6) is 0.348. The highest BCUT2D eigenvalue weighted by atomic mass is 32.2. The number of benzene rings is 1. The van der Waals surface area contributed by atoms with Gasteiger partial charge in [-0.3, -0.25) is 4.72 Å². The minimum absolute atomic E-state index is 0.0118. The molecule has 0 radical (unpaired) electrons. The molecule has 0 saturated carbocycles. The third kappa shape index (κ3) is 3.29. The van der Waals surface area contributed by atoms with E-state index in [0.717, 1.165) is 5.56 Å². The number of nitrogens with zero attached hydrogens (tertiary/aromatic N) is 1. The van der Waals surface area contributed by atoms with Crippen molar-refractivity contribution in [3.05, 3.63) is 72.8 Å². The summed E-state index contributed by atoms with van der Waals surface area (Å²) in [5.41, 5.74) is 0.985. The molecule has 5 nitrogen and oxygen atoms in total. The second-order valence-corrected chi connectivity index (χ2v) is 5.73. The van der Waals surface area contributed by atoms with Gasteiger partial charge in [-0.2, -0.15) is 0 Å². The molecule has 0 saturated heterocycles.